The maximum Gasteiger partial charge on any atom is 0.453 e. The van der Waals surface area contributed by atoms with Crippen LogP contribution in [-0.4, -0.2) is 59.6 Å². The van der Waals surface area contributed by atoms with E-state index in [2.05, 4.69) is 17.9 Å². The number of phenolic OH excluding ortho intramolecular Hbond substituents is 1. The number of halogens is 6. The number of hydrogen-bond acceptors (Lipinski definition) is 3. The molecule has 0 spiro atoms. The molecule has 1 unspecified atom stereocenters. The summed E-state index contributed by atoms with van der Waals surface area (Å²) >= 11 is 0. The second-order valence-electron chi connectivity index (χ2n) is 13.8. The molecule has 9 heteroatoms. The van der Waals surface area contributed by atoms with E-state index in [4.69, 9.17) is 0 Å². The molecule has 3 nitrogen and oxygen atoms in total. The zero-order valence-electron chi connectivity index (χ0n) is 25.1. The monoisotopic (exact) mass is 605 g/mol. The average molecular weight is 606 g/mol. The molecule has 0 radical (unpaired) electrons. The number of phenols is 1. The number of aromatic hydroxyl groups is 1. The second-order valence-corrected chi connectivity index (χ2v) is 13.8. The molecule has 4 rings (SSSR count). The Morgan fingerprint density at radius 2 is 1.67 bits per heavy atom. The van der Waals surface area contributed by atoms with E-state index >= 15 is 4.39 Å². The highest BCUT2D eigenvalue weighted by Gasteiger charge is 2.57. The third-order valence-electron chi connectivity index (χ3n) is 10.9. The lowest BCUT2D eigenvalue weighted by Crippen LogP contribution is -2.47. The molecule has 42 heavy (non-hydrogen) atoms. The molecule has 2 N–H and O–H groups in total. The molecular formula is C33H49F6NO2. The normalized spacial score (nSPS) is 30.2. The van der Waals surface area contributed by atoms with Gasteiger partial charge in [0.25, 0.3) is 0 Å². The number of fused-ring (bicyclic) bond motifs is 5. The van der Waals surface area contributed by atoms with Crippen molar-refractivity contribution in [3.05, 3.63) is 29.3 Å². The van der Waals surface area contributed by atoms with E-state index in [9.17, 15) is 32.2 Å². The lowest BCUT2D eigenvalue weighted by atomic mass is 9.52. The van der Waals surface area contributed by atoms with Gasteiger partial charge in [0.2, 0.25) is 0 Å². The van der Waals surface area contributed by atoms with E-state index in [-0.39, 0.29) is 29.6 Å². The van der Waals surface area contributed by atoms with Crippen LogP contribution in [0.2, 0.25) is 0 Å². The third-order valence-corrected chi connectivity index (χ3v) is 10.9. The standard InChI is InChI=1S/C33H49F6NO2/c1-31-16-14-27-26-11-10-25(41)21-22(26)19-23(30(27)28(31)12-13-29(31)42)20-24(34)9-8-18-40(2)17-7-5-3-4-6-15-32(35,36)33(37,38)39/h10-11,21,23-24,27-30,41-42H,3-9,12-20H2,1-2H3/t23-,24?,27+,28-,29-,30+,31-/m0/s1. The van der Waals surface area contributed by atoms with Crippen molar-refractivity contribution in [2.24, 2.45) is 23.2 Å². The molecular weight excluding hydrogens is 556 g/mol. The molecule has 240 valence electrons. The Balaban J connectivity index is 1.20. The van der Waals surface area contributed by atoms with Crippen molar-refractivity contribution in [1.82, 2.24) is 4.90 Å². The zero-order chi connectivity index (χ0) is 30.7. The zero-order valence-corrected chi connectivity index (χ0v) is 25.1. The Morgan fingerprint density at radius 3 is 2.40 bits per heavy atom. The first kappa shape index (κ1) is 33.4. The predicted molar refractivity (Wildman–Crippen MR) is 153 cm³/mol. The molecule has 1 aromatic rings. The molecule has 3 aliphatic rings. The van der Waals surface area contributed by atoms with E-state index < -0.39 is 24.7 Å². The largest absolute Gasteiger partial charge is 0.508 e. The first-order valence-electron chi connectivity index (χ1n) is 16.0. The molecule has 0 amide bonds. The van der Waals surface area contributed by atoms with Crippen LogP contribution < -0.4 is 0 Å². The minimum atomic E-state index is -5.47. The number of unbranched alkanes of at least 4 members (excludes halogenated alkanes) is 4. The van der Waals surface area contributed by atoms with Crippen molar-refractivity contribution in [3.63, 3.8) is 0 Å². The Kier molecular flexibility index (Phi) is 10.9. The van der Waals surface area contributed by atoms with Gasteiger partial charge in [-0.1, -0.05) is 32.3 Å². The van der Waals surface area contributed by atoms with Crippen LogP contribution in [0.3, 0.4) is 0 Å². The van der Waals surface area contributed by atoms with Gasteiger partial charge in [-0.25, -0.2) is 4.39 Å². The fourth-order valence-electron chi connectivity index (χ4n) is 8.52. The SMILES string of the molecule is CN(CCCCCCCC(F)(F)C(F)(F)F)CCCC(F)C[C@@H]1Cc2cc(O)ccc2[C@H]2CC[C@]3(C)[C@@H](O)CC[C@H]3[C@H]12. The average Bonchev–Trinajstić information content (AvgIpc) is 3.21. The van der Waals surface area contributed by atoms with Crippen LogP contribution in [0.4, 0.5) is 26.3 Å². The Bertz CT molecular complexity index is 1020. The smallest absolute Gasteiger partial charge is 0.453 e. The summed E-state index contributed by atoms with van der Waals surface area (Å²) in [7, 11) is 1.97. The Hall–Kier alpha value is -1.48. The van der Waals surface area contributed by atoms with Crippen molar-refractivity contribution in [2.45, 2.75) is 127 Å². The number of benzene rings is 1. The molecule has 0 bridgehead atoms. The van der Waals surface area contributed by atoms with Crippen LogP contribution in [-0.2, 0) is 6.42 Å². The van der Waals surface area contributed by atoms with Gasteiger partial charge in [-0.3, -0.25) is 0 Å². The maximum absolute atomic E-state index is 15.5. The van der Waals surface area contributed by atoms with Gasteiger partial charge in [0.05, 0.1) is 6.10 Å². The lowest BCUT2D eigenvalue weighted by Gasteiger charge is -2.53. The van der Waals surface area contributed by atoms with E-state index in [1.165, 1.54) is 5.56 Å². The predicted octanol–water partition coefficient (Wildman–Crippen LogP) is 8.81. The van der Waals surface area contributed by atoms with E-state index in [0.717, 1.165) is 70.0 Å². The third kappa shape index (κ3) is 7.59. The van der Waals surface area contributed by atoms with Gasteiger partial charge in [0.15, 0.2) is 0 Å². The van der Waals surface area contributed by atoms with Gasteiger partial charge < -0.3 is 15.1 Å². The summed E-state index contributed by atoms with van der Waals surface area (Å²) in [6, 6.07) is 5.68. The summed E-state index contributed by atoms with van der Waals surface area (Å²) < 4.78 is 78.1. The van der Waals surface area contributed by atoms with Crippen LogP contribution in [0.25, 0.3) is 0 Å². The topological polar surface area (TPSA) is 43.7 Å². The summed E-state index contributed by atoms with van der Waals surface area (Å²) in [6.45, 7) is 3.76. The number of alkyl halides is 6. The summed E-state index contributed by atoms with van der Waals surface area (Å²) in [5, 5.41) is 21.0. The van der Waals surface area contributed by atoms with Crippen molar-refractivity contribution in [3.8, 4) is 5.75 Å². The molecule has 0 saturated heterocycles. The molecule has 0 aromatic heterocycles. The lowest BCUT2D eigenvalue weighted by molar-refractivity contribution is -0.284. The van der Waals surface area contributed by atoms with Crippen molar-refractivity contribution >= 4 is 0 Å². The molecule has 2 saturated carbocycles. The van der Waals surface area contributed by atoms with Crippen LogP contribution >= 0.6 is 0 Å². The summed E-state index contributed by atoms with van der Waals surface area (Å²) in [6.07, 6.45) is 0.830. The fourth-order valence-corrected chi connectivity index (χ4v) is 8.52. The van der Waals surface area contributed by atoms with Crippen LogP contribution in [0.5, 0.6) is 5.75 Å². The van der Waals surface area contributed by atoms with E-state index in [1.807, 2.05) is 13.1 Å². The summed E-state index contributed by atoms with van der Waals surface area (Å²) in [4.78, 5) is 2.13. The molecule has 7 atom stereocenters. The quantitative estimate of drug-likeness (QED) is 0.165. The molecule has 1 aromatic carbocycles. The summed E-state index contributed by atoms with van der Waals surface area (Å²) in [5.74, 6) is -3.09. The molecule has 2 fully saturated rings. The molecule has 0 aliphatic heterocycles. The highest BCUT2D eigenvalue weighted by atomic mass is 19.4. The van der Waals surface area contributed by atoms with Gasteiger partial charge in [0.1, 0.15) is 11.9 Å². The fraction of sp³-hybridized carbons (Fsp3) is 0.818. The van der Waals surface area contributed by atoms with Crippen molar-refractivity contribution < 1.29 is 36.6 Å². The van der Waals surface area contributed by atoms with E-state index in [0.29, 0.717) is 43.4 Å². The Labute approximate surface area is 247 Å². The van der Waals surface area contributed by atoms with Crippen LogP contribution in [0, 0.1) is 23.2 Å². The first-order valence-corrected chi connectivity index (χ1v) is 16.0. The number of nitrogens with zero attached hydrogens (tertiary/aromatic N) is 1. The second kappa shape index (κ2) is 13.7. The minimum absolute atomic E-state index is 0.101. The van der Waals surface area contributed by atoms with Gasteiger partial charge in [0, 0.05) is 6.42 Å². The van der Waals surface area contributed by atoms with Crippen molar-refractivity contribution in [1.29, 1.82) is 0 Å². The maximum atomic E-state index is 15.5. The summed E-state index contributed by atoms with van der Waals surface area (Å²) in [5.41, 5.74) is 2.34. The van der Waals surface area contributed by atoms with Crippen molar-refractivity contribution in [2.75, 3.05) is 20.1 Å². The van der Waals surface area contributed by atoms with Gasteiger partial charge in [-0.05, 0) is 137 Å². The first-order chi connectivity index (χ1) is 19.7. The van der Waals surface area contributed by atoms with Crippen LogP contribution in [0.1, 0.15) is 107 Å². The molecule has 0 heterocycles. The van der Waals surface area contributed by atoms with Gasteiger partial charge >= 0.3 is 12.1 Å². The highest BCUT2D eigenvalue weighted by Crippen LogP contribution is 2.62. The highest BCUT2D eigenvalue weighted by molar-refractivity contribution is 5.40. The number of aliphatic hydroxyl groups is 1. The van der Waals surface area contributed by atoms with Gasteiger partial charge in [-0.2, -0.15) is 22.0 Å². The Morgan fingerprint density at radius 1 is 0.976 bits per heavy atom. The number of rotatable bonds is 14. The van der Waals surface area contributed by atoms with Gasteiger partial charge in [-0.15, -0.1) is 0 Å². The minimum Gasteiger partial charge on any atom is -0.508 e. The number of hydrogen-bond donors (Lipinski definition) is 2. The number of aliphatic hydroxyl groups excluding tert-OH is 1. The van der Waals surface area contributed by atoms with E-state index in [1.54, 1.807) is 6.07 Å². The molecule has 3 aliphatic carbocycles. The van der Waals surface area contributed by atoms with Crippen LogP contribution in [0.15, 0.2) is 18.2 Å².